The van der Waals surface area contributed by atoms with Gasteiger partial charge in [0.25, 0.3) is 0 Å². The molecule has 2 atom stereocenters. The fraction of sp³-hybridized carbons (Fsp3) is 0.889. The highest BCUT2D eigenvalue weighted by Crippen LogP contribution is 2.47. The summed E-state index contributed by atoms with van der Waals surface area (Å²) in [5.41, 5.74) is 0. The van der Waals surface area contributed by atoms with Crippen LogP contribution in [-0.4, -0.2) is 33.1 Å². The molecule has 1 aliphatic carbocycles. The van der Waals surface area contributed by atoms with E-state index in [2.05, 4.69) is 4.74 Å². The highest BCUT2D eigenvalue weighted by molar-refractivity contribution is 5.75. The number of ether oxygens (including phenoxy) is 3. The van der Waals surface area contributed by atoms with Gasteiger partial charge in [0.05, 0.1) is 7.11 Å². The zero-order valence-electron chi connectivity index (χ0n) is 8.49. The molecule has 0 aliphatic heterocycles. The summed E-state index contributed by atoms with van der Waals surface area (Å²) in [5, 5.41) is 0. The van der Waals surface area contributed by atoms with Gasteiger partial charge < -0.3 is 14.2 Å². The lowest BCUT2D eigenvalue weighted by Crippen LogP contribution is -2.60. The summed E-state index contributed by atoms with van der Waals surface area (Å²) in [7, 11) is 4.48. The molecule has 13 heavy (non-hydrogen) atoms. The van der Waals surface area contributed by atoms with Crippen LogP contribution in [0.2, 0.25) is 0 Å². The summed E-state index contributed by atoms with van der Waals surface area (Å²) in [6.07, 6.45) is 0.758. The molecule has 0 N–H and O–H groups in total. The van der Waals surface area contributed by atoms with Crippen LogP contribution in [0.5, 0.6) is 0 Å². The first-order chi connectivity index (χ1) is 6.12. The zero-order valence-corrected chi connectivity index (χ0v) is 8.49. The van der Waals surface area contributed by atoms with Crippen molar-refractivity contribution < 1.29 is 19.0 Å². The molecule has 4 heteroatoms. The Morgan fingerprint density at radius 1 is 1.31 bits per heavy atom. The molecule has 76 valence electrons. The van der Waals surface area contributed by atoms with Gasteiger partial charge in [-0.3, -0.25) is 4.79 Å². The lowest BCUT2D eigenvalue weighted by Gasteiger charge is -2.50. The summed E-state index contributed by atoms with van der Waals surface area (Å²) < 4.78 is 15.2. The first kappa shape index (κ1) is 10.5. The molecule has 0 heterocycles. The molecular formula is C9H16O4. The fourth-order valence-electron chi connectivity index (χ4n) is 2.04. The van der Waals surface area contributed by atoms with Crippen LogP contribution in [0.25, 0.3) is 0 Å². The van der Waals surface area contributed by atoms with Gasteiger partial charge in [0, 0.05) is 20.1 Å². The van der Waals surface area contributed by atoms with E-state index in [1.807, 2.05) is 6.92 Å². The number of hydrogen-bond donors (Lipinski definition) is 0. The van der Waals surface area contributed by atoms with E-state index in [0.717, 1.165) is 6.42 Å². The van der Waals surface area contributed by atoms with Gasteiger partial charge in [-0.1, -0.05) is 6.92 Å². The van der Waals surface area contributed by atoms with E-state index in [1.165, 1.54) is 7.11 Å². The second-order valence-corrected chi connectivity index (χ2v) is 3.34. The van der Waals surface area contributed by atoms with Crippen LogP contribution in [0.4, 0.5) is 0 Å². The topological polar surface area (TPSA) is 44.8 Å². The smallest absolute Gasteiger partial charge is 0.314 e. The van der Waals surface area contributed by atoms with Gasteiger partial charge in [-0.25, -0.2) is 0 Å². The van der Waals surface area contributed by atoms with Crippen LogP contribution in [0.15, 0.2) is 0 Å². The van der Waals surface area contributed by atoms with Crippen LogP contribution in [-0.2, 0) is 19.0 Å². The average Bonchev–Trinajstić information content (AvgIpc) is 2.15. The first-order valence-corrected chi connectivity index (χ1v) is 4.30. The van der Waals surface area contributed by atoms with Crippen LogP contribution >= 0.6 is 0 Å². The summed E-state index contributed by atoms with van der Waals surface area (Å²) in [6, 6.07) is 0. The van der Waals surface area contributed by atoms with Crippen LogP contribution in [0.3, 0.4) is 0 Å². The van der Waals surface area contributed by atoms with Crippen molar-refractivity contribution in [2.45, 2.75) is 19.1 Å². The Balaban J connectivity index is 2.74. The quantitative estimate of drug-likeness (QED) is 0.485. The number of methoxy groups -OCH3 is 3. The highest BCUT2D eigenvalue weighted by atomic mass is 16.7. The van der Waals surface area contributed by atoms with E-state index in [0.29, 0.717) is 0 Å². The van der Waals surface area contributed by atoms with E-state index < -0.39 is 5.79 Å². The third-order valence-electron chi connectivity index (χ3n) is 2.89. The number of hydrogen-bond acceptors (Lipinski definition) is 4. The Bertz CT molecular complexity index is 198. The molecule has 0 aromatic rings. The first-order valence-electron chi connectivity index (χ1n) is 4.30. The van der Waals surface area contributed by atoms with Gasteiger partial charge >= 0.3 is 5.97 Å². The van der Waals surface area contributed by atoms with Gasteiger partial charge in [0.15, 0.2) is 5.79 Å². The molecule has 4 nitrogen and oxygen atoms in total. The van der Waals surface area contributed by atoms with E-state index in [1.54, 1.807) is 14.2 Å². The second kappa shape index (κ2) is 3.64. The van der Waals surface area contributed by atoms with Crippen molar-refractivity contribution in [1.29, 1.82) is 0 Å². The third kappa shape index (κ3) is 1.34. The number of carbonyl (C=O) groups excluding carboxylic acids is 1. The normalized spacial score (nSPS) is 30.8. The maximum atomic E-state index is 11.3. The fourth-order valence-corrected chi connectivity index (χ4v) is 2.04. The second-order valence-electron chi connectivity index (χ2n) is 3.34. The Labute approximate surface area is 78.2 Å². The van der Waals surface area contributed by atoms with E-state index in [4.69, 9.17) is 9.47 Å². The molecular weight excluding hydrogens is 172 g/mol. The predicted octanol–water partition coefficient (Wildman–Crippen LogP) is 0.804. The molecule has 0 spiro atoms. The molecule has 0 bridgehead atoms. The number of esters is 1. The van der Waals surface area contributed by atoms with Crippen molar-refractivity contribution >= 4 is 5.97 Å². The third-order valence-corrected chi connectivity index (χ3v) is 2.89. The van der Waals surface area contributed by atoms with Gasteiger partial charge in [0.1, 0.15) is 5.92 Å². The van der Waals surface area contributed by atoms with E-state index in [9.17, 15) is 4.79 Å². The summed E-state index contributed by atoms with van der Waals surface area (Å²) in [6.45, 7) is 1.99. The van der Waals surface area contributed by atoms with Crippen molar-refractivity contribution in [1.82, 2.24) is 0 Å². The molecule has 0 saturated heterocycles. The van der Waals surface area contributed by atoms with Crippen molar-refractivity contribution in [3.63, 3.8) is 0 Å². The minimum Gasteiger partial charge on any atom is -0.469 e. The molecule has 0 aromatic heterocycles. The SMILES string of the molecule is COC(=O)[C@H]1C[C@H](C)C1(OC)OC. The van der Waals surface area contributed by atoms with Gasteiger partial charge in [-0.15, -0.1) is 0 Å². The predicted molar refractivity (Wildman–Crippen MR) is 46.0 cm³/mol. The van der Waals surface area contributed by atoms with Crippen molar-refractivity contribution in [3.8, 4) is 0 Å². The van der Waals surface area contributed by atoms with Crippen molar-refractivity contribution in [3.05, 3.63) is 0 Å². The van der Waals surface area contributed by atoms with Crippen LogP contribution in [0, 0.1) is 11.8 Å². The molecule has 0 radical (unpaired) electrons. The van der Waals surface area contributed by atoms with Gasteiger partial charge in [0.2, 0.25) is 0 Å². The van der Waals surface area contributed by atoms with Crippen molar-refractivity contribution in [2.24, 2.45) is 11.8 Å². The standard InChI is InChI=1S/C9H16O4/c1-6-5-7(8(10)11-2)9(6,12-3)13-4/h6-7H,5H2,1-4H3/t6-,7+/m0/s1. The van der Waals surface area contributed by atoms with E-state index in [-0.39, 0.29) is 17.8 Å². The minimum absolute atomic E-state index is 0.228. The Morgan fingerprint density at radius 2 is 1.85 bits per heavy atom. The van der Waals surface area contributed by atoms with Crippen LogP contribution < -0.4 is 0 Å². The highest BCUT2D eigenvalue weighted by Gasteiger charge is 2.58. The van der Waals surface area contributed by atoms with Gasteiger partial charge in [-0.2, -0.15) is 0 Å². The lowest BCUT2D eigenvalue weighted by atomic mass is 9.69. The minimum atomic E-state index is -0.771. The summed E-state index contributed by atoms with van der Waals surface area (Å²) >= 11 is 0. The molecule has 1 rings (SSSR count). The number of rotatable bonds is 3. The molecule has 0 amide bonds. The Kier molecular flexibility index (Phi) is 2.93. The van der Waals surface area contributed by atoms with Crippen LogP contribution in [0.1, 0.15) is 13.3 Å². The maximum absolute atomic E-state index is 11.3. The Hall–Kier alpha value is -0.610. The summed E-state index contributed by atoms with van der Waals surface area (Å²) in [4.78, 5) is 11.3. The summed E-state index contributed by atoms with van der Waals surface area (Å²) in [5.74, 6) is -1.09. The van der Waals surface area contributed by atoms with E-state index >= 15 is 0 Å². The lowest BCUT2D eigenvalue weighted by molar-refractivity contribution is -0.315. The monoisotopic (exact) mass is 188 g/mol. The molecule has 1 aliphatic rings. The molecule has 1 fully saturated rings. The Morgan fingerprint density at radius 3 is 2.15 bits per heavy atom. The number of carbonyl (C=O) groups is 1. The molecule has 0 unspecified atom stereocenters. The maximum Gasteiger partial charge on any atom is 0.314 e. The zero-order chi connectivity index (χ0) is 10.1. The largest absolute Gasteiger partial charge is 0.469 e. The molecule has 1 saturated carbocycles. The van der Waals surface area contributed by atoms with Crippen molar-refractivity contribution in [2.75, 3.05) is 21.3 Å². The average molecular weight is 188 g/mol. The van der Waals surface area contributed by atoms with Gasteiger partial charge in [-0.05, 0) is 6.42 Å². The molecule has 0 aromatic carbocycles.